The van der Waals surface area contributed by atoms with Crippen LogP contribution in [0.2, 0.25) is 0 Å². The van der Waals surface area contributed by atoms with Crippen molar-refractivity contribution in [2.24, 2.45) is 0 Å². The molecule has 0 unspecified atom stereocenters. The highest BCUT2D eigenvalue weighted by Crippen LogP contribution is 2.21. The van der Waals surface area contributed by atoms with Crippen LogP contribution in [0.5, 0.6) is 0 Å². The molecule has 0 aromatic carbocycles. The van der Waals surface area contributed by atoms with E-state index in [0.717, 1.165) is 31.6 Å². The average Bonchev–Trinajstić information content (AvgIpc) is 2.18. The van der Waals surface area contributed by atoms with Crippen molar-refractivity contribution in [1.82, 2.24) is 15.3 Å². The predicted octanol–water partition coefficient (Wildman–Crippen LogP) is -0.260. The van der Waals surface area contributed by atoms with Crippen molar-refractivity contribution in [3.8, 4) is 0 Å². The quantitative estimate of drug-likeness (QED) is 0.743. The van der Waals surface area contributed by atoms with Crippen LogP contribution in [0.15, 0.2) is 10.9 Å². The maximum Gasteiger partial charge on any atom is 0.251 e. The van der Waals surface area contributed by atoms with Gasteiger partial charge in [0.2, 0.25) is 0 Å². The molecule has 0 bridgehead atoms. The number of piperidine rings is 1. The summed E-state index contributed by atoms with van der Waals surface area (Å²) in [6, 6.07) is 1.63. The minimum absolute atomic E-state index is 0. The largest absolute Gasteiger partial charge is 0.412 e. The van der Waals surface area contributed by atoms with E-state index >= 15 is 0 Å². The smallest absolute Gasteiger partial charge is 0.251 e. The maximum atomic E-state index is 11.2. The molecule has 0 amide bonds. The molecule has 108 valence electrons. The highest BCUT2D eigenvalue weighted by atomic mass is 35.5. The molecule has 1 saturated heterocycles. The lowest BCUT2D eigenvalue weighted by Crippen LogP contribution is -2.28. The van der Waals surface area contributed by atoms with E-state index in [1.807, 2.05) is 6.92 Å². The van der Waals surface area contributed by atoms with Gasteiger partial charge in [-0.15, -0.1) is 24.8 Å². The second-order valence-corrected chi connectivity index (χ2v) is 3.78. The second kappa shape index (κ2) is 10.3. The summed E-state index contributed by atoms with van der Waals surface area (Å²) in [5.41, 5.74) is 0.916. The number of hydrogen-bond donors (Lipinski definition) is 2. The van der Waals surface area contributed by atoms with Crippen molar-refractivity contribution >= 4 is 24.8 Å². The molecule has 8 heteroatoms. The van der Waals surface area contributed by atoms with Crippen LogP contribution in [-0.4, -0.2) is 34.0 Å². The Morgan fingerprint density at radius 1 is 1.22 bits per heavy atom. The van der Waals surface area contributed by atoms with Crippen LogP contribution in [0.4, 0.5) is 0 Å². The number of nitrogens with one attached hydrogen (secondary N) is 2. The predicted molar refractivity (Wildman–Crippen MR) is 76.2 cm³/mol. The summed E-state index contributed by atoms with van der Waals surface area (Å²) >= 11 is 0. The number of H-pyrrole nitrogens is 1. The van der Waals surface area contributed by atoms with Gasteiger partial charge in [-0.3, -0.25) is 4.79 Å². The van der Waals surface area contributed by atoms with Crippen LogP contribution >= 0.6 is 24.8 Å². The Kier molecular flexibility index (Phi) is 12.9. The molecule has 0 aliphatic carbocycles. The number of halogens is 2. The van der Waals surface area contributed by atoms with Crippen LogP contribution in [0.25, 0.3) is 0 Å². The van der Waals surface area contributed by atoms with Gasteiger partial charge in [-0.25, -0.2) is 4.98 Å². The van der Waals surface area contributed by atoms with Crippen LogP contribution in [0.1, 0.15) is 30.3 Å². The van der Waals surface area contributed by atoms with E-state index in [4.69, 9.17) is 0 Å². The van der Waals surface area contributed by atoms with Gasteiger partial charge in [0.1, 0.15) is 5.82 Å². The molecule has 2 rings (SSSR count). The molecule has 6 N–H and O–H groups in total. The van der Waals surface area contributed by atoms with Crippen LogP contribution in [0, 0.1) is 6.92 Å². The highest BCUT2D eigenvalue weighted by Gasteiger charge is 2.16. The lowest BCUT2D eigenvalue weighted by molar-refractivity contribution is 0.451. The Hall–Kier alpha value is -0.660. The molecular weight excluding hydrogens is 281 g/mol. The average molecular weight is 302 g/mol. The first kappa shape index (κ1) is 22.5. The summed E-state index contributed by atoms with van der Waals surface area (Å²) in [7, 11) is 0. The number of aromatic amines is 1. The van der Waals surface area contributed by atoms with Crippen molar-refractivity contribution in [1.29, 1.82) is 0 Å². The molecule has 0 saturated carbocycles. The standard InChI is InChI=1S/C10H15N3O.2ClH.2H2O/c1-7-12-9(6-10(14)13-7)8-2-4-11-5-3-8;;;;/h6,8,11H,2-5H2,1H3,(H,12,13,14);2*1H;2*1H2. The number of nitrogens with zero attached hydrogens (tertiary/aromatic N) is 1. The van der Waals surface area contributed by atoms with Crippen molar-refractivity contribution < 1.29 is 11.0 Å². The van der Waals surface area contributed by atoms with E-state index in [-0.39, 0.29) is 41.3 Å². The van der Waals surface area contributed by atoms with E-state index in [2.05, 4.69) is 15.3 Å². The molecule has 1 fully saturated rings. The topological polar surface area (TPSA) is 121 Å². The highest BCUT2D eigenvalue weighted by molar-refractivity contribution is 5.85. The molecule has 1 aliphatic rings. The number of aryl methyl sites for hydroxylation is 1. The fraction of sp³-hybridized carbons (Fsp3) is 0.600. The third kappa shape index (κ3) is 5.79. The monoisotopic (exact) mass is 301 g/mol. The minimum atomic E-state index is -0.0361. The van der Waals surface area contributed by atoms with E-state index in [9.17, 15) is 4.79 Å². The Morgan fingerprint density at radius 2 is 1.78 bits per heavy atom. The summed E-state index contributed by atoms with van der Waals surface area (Å²) in [6.45, 7) is 3.88. The van der Waals surface area contributed by atoms with Crippen molar-refractivity contribution in [3.63, 3.8) is 0 Å². The Balaban J connectivity index is -0.000000562. The summed E-state index contributed by atoms with van der Waals surface area (Å²) < 4.78 is 0. The summed E-state index contributed by atoms with van der Waals surface area (Å²) in [5.74, 6) is 1.17. The molecule has 0 spiro atoms. The van der Waals surface area contributed by atoms with E-state index < -0.39 is 0 Å². The van der Waals surface area contributed by atoms with Crippen molar-refractivity contribution in [2.75, 3.05) is 13.1 Å². The van der Waals surface area contributed by atoms with Gasteiger partial charge in [0, 0.05) is 12.0 Å². The van der Waals surface area contributed by atoms with E-state index in [0.29, 0.717) is 11.7 Å². The van der Waals surface area contributed by atoms with Gasteiger partial charge in [0.15, 0.2) is 0 Å². The summed E-state index contributed by atoms with van der Waals surface area (Å²) in [6.07, 6.45) is 2.16. The Morgan fingerprint density at radius 3 is 2.28 bits per heavy atom. The SMILES string of the molecule is Cc1nc(C2CCNCC2)cc(=O)[nH]1.Cl.Cl.O.O. The minimum Gasteiger partial charge on any atom is -0.412 e. The lowest BCUT2D eigenvalue weighted by Gasteiger charge is -2.21. The van der Waals surface area contributed by atoms with Crippen LogP contribution in [0.3, 0.4) is 0 Å². The van der Waals surface area contributed by atoms with Crippen LogP contribution < -0.4 is 10.9 Å². The first-order valence-corrected chi connectivity index (χ1v) is 5.04. The fourth-order valence-electron chi connectivity index (χ4n) is 1.93. The fourth-order valence-corrected chi connectivity index (χ4v) is 1.93. The van der Waals surface area contributed by atoms with Gasteiger partial charge >= 0.3 is 0 Å². The zero-order chi connectivity index (χ0) is 9.97. The zero-order valence-electron chi connectivity index (χ0n) is 10.2. The molecule has 1 aromatic rings. The van der Waals surface area contributed by atoms with Crippen molar-refractivity contribution in [2.45, 2.75) is 25.7 Å². The van der Waals surface area contributed by atoms with E-state index in [1.165, 1.54) is 0 Å². The Bertz CT molecular complexity index is 381. The molecule has 0 atom stereocenters. The number of rotatable bonds is 1. The van der Waals surface area contributed by atoms with Crippen molar-refractivity contribution in [3.05, 3.63) is 27.9 Å². The lowest BCUT2D eigenvalue weighted by atomic mass is 9.94. The molecule has 18 heavy (non-hydrogen) atoms. The van der Waals surface area contributed by atoms with Gasteiger partial charge in [-0.05, 0) is 32.9 Å². The first-order chi connectivity index (χ1) is 6.75. The molecular formula is C10H21Cl2N3O3. The van der Waals surface area contributed by atoms with Gasteiger partial charge in [-0.2, -0.15) is 0 Å². The van der Waals surface area contributed by atoms with Gasteiger partial charge in [-0.1, -0.05) is 0 Å². The molecule has 2 heterocycles. The van der Waals surface area contributed by atoms with Gasteiger partial charge in [0.25, 0.3) is 5.56 Å². The number of hydrogen-bond acceptors (Lipinski definition) is 3. The molecule has 1 aromatic heterocycles. The van der Waals surface area contributed by atoms with Gasteiger partial charge in [0.05, 0.1) is 5.69 Å². The second-order valence-electron chi connectivity index (χ2n) is 3.78. The Labute approximate surface area is 118 Å². The van der Waals surface area contributed by atoms with E-state index in [1.54, 1.807) is 6.07 Å². The zero-order valence-corrected chi connectivity index (χ0v) is 11.8. The third-order valence-corrected chi connectivity index (χ3v) is 2.64. The summed E-state index contributed by atoms with van der Waals surface area (Å²) in [4.78, 5) is 18.3. The first-order valence-electron chi connectivity index (χ1n) is 5.04. The normalized spacial score (nSPS) is 14.3. The summed E-state index contributed by atoms with van der Waals surface area (Å²) in [5, 5.41) is 3.30. The molecule has 0 radical (unpaired) electrons. The third-order valence-electron chi connectivity index (χ3n) is 2.64. The van der Waals surface area contributed by atoms with Gasteiger partial charge < -0.3 is 21.3 Å². The molecule has 1 aliphatic heterocycles. The molecule has 6 nitrogen and oxygen atoms in total. The van der Waals surface area contributed by atoms with Crippen LogP contribution in [-0.2, 0) is 0 Å². The maximum absolute atomic E-state index is 11.2. The number of aromatic nitrogens is 2.